The molecule has 94 valence electrons. The van der Waals surface area contributed by atoms with Crippen molar-refractivity contribution >= 4 is 21.8 Å². The highest BCUT2D eigenvalue weighted by molar-refractivity contribution is 9.09. The van der Waals surface area contributed by atoms with Crippen LogP contribution in [0.1, 0.15) is 13.3 Å². The zero-order valence-electron chi connectivity index (χ0n) is 8.76. The molecule has 3 nitrogen and oxygen atoms in total. The van der Waals surface area contributed by atoms with Crippen LogP contribution in [0.25, 0.3) is 0 Å². The molecule has 0 aromatic heterocycles. The largest absolute Gasteiger partial charge is 0.397 e. The second-order valence-corrected chi connectivity index (χ2v) is 4.44. The summed E-state index contributed by atoms with van der Waals surface area (Å²) in [5.41, 5.74) is 0. The molecule has 1 amide bonds. The molecule has 7 heteroatoms. The number of carbonyl (C=O) groups is 1. The summed E-state index contributed by atoms with van der Waals surface area (Å²) in [6.07, 6.45) is -6.07. The van der Waals surface area contributed by atoms with E-state index in [0.29, 0.717) is 5.33 Å². The Bertz CT molecular complexity index is 260. The quantitative estimate of drug-likeness (QED) is 0.730. The first-order valence-electron chi connectivity index (χ1n) is 4.87. The number of hydrogen-bond acceptors (Lipinski definition) is 2. The van der Waals surface area contributed by atoms with E-state index in [1.807, 2.05) is 0 Å². The van der Waals surface area contributed by atoms with Crippen LogP contribution in [0, 0.1) is 0 Å². The maximum atomic E-state index is 12.1. The minimum Gasteiger partial charge on any atom is -0.373 e. The third-order valence-electron chi connectivity index (χ3n) is 2.35. The average Bonchev–Trinajstić information content (AvgIpc) is 2.15. The van der Waals surface area contributed by atoms with E-state index >= 15 is 0 Å². The first-order valence-corrected chi connectivity index (χ1v) is 5.99. The molecule has 0 radical (unpaired) electrons. The summed E-state index contributed by atoms with van der Waals surface area (Å²) in [6, 6.07) is -0.301. The number of ether oxygens (including phenoxy) is 1. The lowest BCUT2D eigenvalue weighted by atomic mass is 10.2. The van der Waals surface area contributed by atoms with E-state index in [1.165, 1.54) is 4.90 Å². The van der Waals surface area contributed by atoms with Crippen LogP contribution in [0.15, 0.2) is 0 Å². The van der Waals surface area contributed by atoms with E-state index < -0.39 is 18.5 Å². The second kappa shape index (κ2) is 5.35. The Hall–Kier alpha value is -0.300. The van der Waals surface area contributed by atoms with Crippen LogP contribution in [0.3, 0.4) is 0 Å². The number of carbonyl (C=O) groups excluding carboxylic acids is 1. The SMILES string of the molecule is CC1COC(CBr)CN1C(=O)CC(F)(F)F. The van der Waals surface area contributed by atoms with E-state index in [4.69, 9.17) is 4.74 Å². The van der Waals surface area contributed by atoms with Gasteiger partial charge in [0.05, 0.1) is 18.8 Å². The van der Waals surface area contributed by atoms with Crippen LogP contribution >= 0.6 is 15.9 Å². The number of amides is 1. The molecule has 2 unspecified atom stereocenters. The third kappa shape index (κ3) is 3.93. The van der Waals surface area contributed by atoms with Gasteiger partial charge in [0.15, 0.2) is 0 Å². The maximum Gasteiger partial charge on any atom is 0.397 e. The van der Waals surface area contributed by atoms with Crippen molar-refractivity contribution in [2.45, 2.75) is 31.7 Å². The lowest BCUT2D eigenvalue weighted by Gasteiger charge is -2.37. The smallest absolute Gasteiger partial charge is 0.373 e. The predicted octanol–water partition coefficient (Wildman–Crippen LogP) is 1.95. The van der Waals surface area contributed by atoms with Gasteiger partial charge in [0, 0.05) is 11.9 Å². The van der Waals surface area contributed by atoms with Gasteiger partial charge < -0.3 is 9.64 Å². The van der Waals surface area contributed by atoms with Crippen LogP contribution in [0.4, 0.5) is 13.2 Å². The Morgan fingerprint density at radius 1 is 1.56 bits per heavy atom. The van der Waals surface area contributed by atoms with E-state index in [2.05, 4.69) is 15.9 Å². The first-order chi connectivity index (χ1) is 7.33. The molecule has 1 rings (SSSR count). The lowest BCUT2D eigenvalue weighted by Crippen LogP contribution is -2.52. The van der Waals surface area contributed by atoms with E-state index in [0.717, 1.165) is 0 Å². The molecule has 1 heterocycles. The van der Waals surface area contributed by atoms with Crippen LogP contribution in [-0.2, 0) is 9.53 Å². The van der Waals surface area contributed by atoms with Crippen molar-refractivity contribution in [3.63, 3.8) is 0 Å². The van der Waals surface area contributed by atoms with Gasteiger partial charge in [-0.3, -0.25) is 4.79 Å². The molecule has 1 saturated heterocycles. The fourth-order valence-electron chi connectivity index (χ4n) is 1.53. The zero-order chi connectivity index (χ0) is 12.3. The number of halogens is 4. The van der Waals surface area contributed by atoms with Crippen molar-refractivity contribution in [1.82, 2.24) is 4.90 Å². The molecular formula is C9H13BrF3NO2. The van der Waals surface area contributed by atoms with Crippen molar-refractivity contribution in [3.05, 3.63) is 0 Å². The molecule has 0 saturated carbocycles. The molecule has 16 heavy (non-hydrogen) atoms. The Morgan fingerprint density at radius 3 is 2.69 bits per heavy atom. The number of alkyl halides is 4. The number of hydrogen-bond donors (Lipinski definition) is 0. The Balaban J connectivity index is 2.59. The van der Waals surface area contributed by atoms with Gasteiger partial charge in [-0.1, -0.05) is 15.9 Å². The summed E-state index contributed by atoms with van der Waals surface area (Å²) in [4.78, 5) is 12.7. The van der Waals surface area contributed by atoms with Crippen LogP contribution in [-0.4, -0.2) is 47.6 Å². The fourth-order valence-corrected chi connectivity index (χ4v) is 1.92. The highest BCUT2D eigenvalue weighted by atomic mass is 79.9. The van der Waals surface area contributed by atoms with Crippen LogP contribution < -0.4 is 0 Å². The van der Waals surface area contributed by atoms with Crippen molar-refractivity contribution in [2.75, 3.05) is 18.5 Å². The molecule has 0 N–H and O–H groups in total. The van der Waals surface area contributed by atoms with Gasteiger partial charge in [-0.15, -0.1) is 0 Å². The minimum absolute atomic E-state index is 0.210. The first kappa shape index (κ1) is 13.8. The molecule has 0 aliphatic carbocycles. The van der Waals surface area contributed by atoms with Crippen LogP contribution in [0.5, 0.6) is 0 Å². The molecule has 0 aromatic rings. The summed E-state index contributed by atoms with van der Waals surface area (Å²) in [5, 5.41) is 0.509. The minimum atomic E-state index is -4.45. The maximum absolute atomic E-state index is 12.1. The second-order valence-electron chi connectivity index (χ2n) is 3.80. The molecular weight excluding hydrogens is 291 g/mol. The van der Waals surface area contributed by atoms with E-state index in [1.54, 1.807) is 6.92 Å². The average molecular weight is 304 g/mol. The topological polar surface area (TPSA) is 29.5 Å². The summed E-state index contributed by atoms with van der Waals surface area (Å²) >= 11 is 3.18. The van der Waals surface area contributed by atoms with Crippen molar-refractivity contribution in [3.8, 4) is 0 Å². The number of rotatable bonds is 2. The Morgan fingerprint density at radius 2 is 2.19 bits per heavy atom. The Kier molecular flexibility index (Phi) is 4.61. The van der Waals surface area contributed by atoms with Gasteiger partial charge >= 0.3 is 6.18 Å². The molecule has 0 bridgehead atoms. The molecule has 2 atom stereocenters. The predicted molar refractivity (Wildman–Crippen MR) is 55.4 cm³/mol. The van der Waals surface area contributed by atoms with Crippen molar-refractivity contribution in [2.24, 2.45) is 0 Å². The monoisotopic (exact) mass is 303 g/mol. The molecule has 1 fully saturated rings. The van der Waals surface area contributed by atoms with Gasteiger partial charge in [0.25, 0.3) is 0 Å². The van der Waals surface area contributed by atoms with Crippen LogP contribution in [0.2, 0.25) is 0 Å². The highest BCUT2D eigenvalue weighted by Gasteiger charge is 2.37. The third-order valence-corrected chi connectivity index (χ3v) is 3.07. The number of nitrogens with zero attached hydrogens (tertiary/aromatic N) is 1. The fraction of sp³-hybridized carbons (Fsp3) is 0.889. The summed E-state index contributed by atoms with van der Waals surface area (Å²) < 4.78 is 41.6. The van der Waals surface area contributed by atoms with Crippen molar-refractivity contribution < 1.29 is 22.7 Å². The number of morpholine rings is 1. The molecule has 1 aliphatic heterocycles. The van der Waals surface area contributed by atoms with Gasteiger partial charge in [-0.2, -0.15) is 13.2 Å². The van der Waals surface area contributed by atoms with Gasteiger partial charge in [-0.25, -0.2) is 0 Å². The Labute approximate surface area is 100 Å². The molecule has 1 aliphatic rings. The van der Waals surface area contributed by atoms with Gasteiger partial charge in [-0.05, 0) is 6.92 Å². The summed E-state index contributed by atoms with van der Waals surface area (Å²) in [5.74, 6) is -0.880. The summed E-state index contributed by atoms with van der Waals surface area (Å²) in [7, 11) is 0. The van der Waals surface area contributed by atoms with Gasteiger partial charge in [0.2, 0.25) is 5.91 Å². The van der Waals surface area contributed by atoms with E-state index in [-0.39, 0.29) is 25.3 Å². The standard InChI is InChI=1S/C9H13BrF3NO2/c1-6-5-16-7(3-10)4-14(6)8(15)2-9(11,12)13/h6-7H,2-5H2,1H3. The van der Waals surface area contributed by atoms with Crippen molar-refractivity contribution in [1.29, 1.82) is 0 Å². The van der Waals surface area contributed by atoms with E-state index in [9.17, 15) is 18.0 Å². The highest BCUT2D eigenvalue weighted by Crippen LogP contribution is 2.23. The molecule has 0 aromatic carbocycles. The zero-order valence-corrected chi connectivity index (χ0v) is 10.3. The van der Waals surface area contributed by atoms with Gasteiger partial charge in [0.1, 0.15) is 6.42 Å². The summed E-state index contributed by atoms with van der Waals surface area (Å²) in [6.45, 7) is 2.17. The normalized spacial score (nSPS) is 26.9. The molecule has 0 spiro atoms. The lowest BCUT2D eigenvalue weighted by molar-refractivity contribution is -0.169.